The highest BCUT2D eigenvalue weighted by atomic mass is 16.6. The standard InChI is InChI=1S/C19H17N3O4/c1-14-20-17(18(23)25-12-15-8-4-2-5-9-15)22(21-14)19(24)26-13-16-10-6-3-7-11-16/h2-11H,12-13H2,1H3. The molecule has 0 saturated carbocycles. The second-order valence-electron chi connectivity index (χ2n) is 5.50. The molecule has 3 aromatic rings. The van der Waals surface area contributed by atoms with Crippen LogP contribution >= 0.6 is 0 Å². The van der Waals surface area contributed by atoms with Crippen LogP contribution in [-0.4, -0.2) is 26.8 Å². The SMILES string of the molecule is Cc1nc(C(=O)OCc2ccccc2)n(C(=O)OCc2ccccc2)n1. The predicted molar refractivity (Wildman–Crippen MR) is 92.3 cm³/mol. The van der Waals surface area contributed by atoms with Crippen LogP contribution in [0.4, 0.5) is 4.79 Å². The molecule has 0 unspecified atom stereocenters. The van der Waals surface area contributed by atoms with Crippen molar-refractivity contribution < 1.29 is 19.1 Å². The van der Waals surface area contributed by atoms with Crippen molar-refractivity contribution in [3.8, 4) is 0 Å². The minimum Gasteiger partial charge on any atom is -0.455 e. The molecule has 0 radical (unpaired) electrons. The maximum Gasteiger partial charge on any atom is 0.437 e. The van der Waals surface area contributed by atoms with Gasteiger partial charge in [0.1, 0.15) is 19.0 Å². The summed E-state index contributed by atoms with van der Waals surface area (Å²) in [4.78, 5) is 28.5. The van der Waals surface area contributed by atoms with Crippen molar-refractivity contribution in [2.24, 2.45) is 0 Å². The first-order valence-corrected chi connectivity index (χ1v) is 7.99. The van der Waals surface area contributed by atoms with Crippen molar-refractivity contribution in [2.45, 2.75) is 20.1 Å². The quantitative estimate of drug-likeness (QED) is 0.657. The molecule has 26 heavy (non-hydrogen) atoms. The summed E-state index contributed by atoms with van der Waals surface area (Å²) in [6.07, 6.45) is -0.791. The molecular formula is C19H17N3O4. The Morgan fingerprint density at radius 3 is 2.00 bits per heavy atom. The van der Waals surface area contributed by atoms with Crippen molar-refractivity contribution in [1.82, 2.24) is 14.8 Å². The van der Waals surface area contributed by atoms with Crippen molar-refractivity contribution in [3.05, 3.63) is 83.4 Å². The third-order valence-corrected chi connectivity index (χ3v) is 3.49. The lowest BCUT2D eigenvalue weighted by Crippen LogP contribution is -2.22. The zero-order chi connectivity index (χ0) is 18.4. The second-order valence-corrected chi connectivity index (χ2v) is 5.50. The molecule has 0 N–H and O–H groups in total. The van der Waals surface area contributed by atoms with E-state index in [1.807, 2.05) is 60.7 Å². The maximum absolute atomic E-state index is 12.3. The first-order chi connectivity index (χ1) is 12.6. The maximum atomic E-state index is 12.3. The zero-order valence-electron chi connectivity index (χ0n) is 14.2. The van der Waals surface area contributed by atoms with Crippen LogP contribution in [0.1, 0.15) is 27.6 Å². The van der Waals surface area contributed by atoms with Crippen LogP contribution in [0.2, 0.25) is 0 Å². The fraction of sp³-hybridized carbons (Fsp3) is 0.158. The van der Waals surface area contributed by atoms with Crippen molar-refractivity contribution in [3.63, 3.8) is 0 Å². The van der Waals surface area contributed by atoms with Gasteiger partial charge in [-0.3, -0.25) is 0 Å². The van der Waals surface area contributed by atoms with Gasteiger partial charge in [0.2, 0.25) is 5.82 Å². The number of carbonyl (C=O) groups is 2. The van der Waals surface area contributed by atoms with Gasteiger partial charge in [-0.15, -0.1) is 9.78 Å². The molecule has 0 aliphatic heterocycles. The van der Waals surface area contributed by atoms with Gasteiger partial charge in [0, 0.05) is 0 Å². The van der Waals surface area contributed by atoms with E-state index in [2.05, 4.69) is 10.1 Å². The van der Waals surface area contributed by atoms with Crippen LogP contribution in [0.25, 0.3) is 0 Å². The predicted octanol–water partition coefficient (Wildman–Crippen LogP) is 3.13. The summed E-state index contributed by atoms with van der Waals surface area (Å²) in [5, 5.41) is 3.93. The van der Waals surface area contributed by atoms with E-state index in [4.69, 9.17) is 9.47 Å². The largest absolute Gasteiger partial charge is 0.455 e. The average Bonchev–Trinajstić information content (AvgIpc) is 3.08. The summed E-state index contributed by atoms with van der Waals surface area (Å²) in [6, 6.07) is 18.4. The fourth-order valence-electron chi connectivity index (χ4n) is 2.24. The molecule has 0 aliphatic rings. The number of carbonyl (C=O) groups excluding carboxylic acids is 2. The van der Waals surface area contributed by atoms with E-state index < -0.39 is 12.1 Å². The number of hydrogen-bond acceptors (Lipinski definition) is 6. The Morgan fingerprint density at radius 2 is 1.42 bits per heavy atom. The minimum atomic E-state index is -0.791. The molecule has 1 aromatic heterocycles. The van der Waals surface area contributed by atoms with Gasteiger partial charge in [0.15, 0.2) is 0 Å². The average molecular weight is 351 g/mol. The Hall–Kier alpha value is -3.48. The Kier molecular flexibility index (Phi) is 5.38. The van der Waals surface area contributed by atoms with Gasteiger partial charge in [-0.2, -0.15) is 0 Å². The lowest BCUT2D eigenvalue weighted by atomic mass is 10.2. The summed E-state index contributed by atoms with van der Waals surface area (Å²) in [5.74, 6) is -0.684. The molecule has 132 valence electrons. The van der Waals surface area contributed by atoms with E-state index in [1.165, 1.54) is 0 Å². The second kappa shape index (κ2) is 8.06. The third kappa shape index (κ3) is 4.32. The topological polar surface area (TPSA) is 83.3 Å². The smallest absolute Gasteiger partial charge is 0.437 e. The lowest BCUT2D eigenvalue weighted by Gasteiger charge is -2.07. The number of ether oxygens (including phenoxy) is 2. The van der Waals surface area contributed by atoms with E-state index in [0.717, 1.165) is 15.8 Å². The van der Waals surface area contributed by atoms with E-state index in [9.17, 15) is 9.59 Å². The molecule has 0 fully saturated rings. The lowest BCUT2D eigenvalue weighted by molar-refractivity contribution is 0.0447. The highest BCUT2D eigenvalue weighted by molar-refractivity contribution is 5.89. The molecule has 0 spiro atoms. The van der Waals surface area contributed by atoms with Gasteiger partial charge in [-0.1, -0.05) is 60.7 Å². The van der Waals surface area contributed by atoms with E-state index in [0.29, 0.717) is 0 Å². The van der Waals surface area contributed by atoms with Gasteiger partial charge in [-0.05, 0) is 18.1 Å². The van der Waals surface area contributed by atoms with Gasteiger partial charge >= 0.3 is 12.1 Å². The number of aromatic nitrogens is 3. The van der Waals surface area contributed by atoms with Crippen molar-refractivity contribution in [2.75, 3.05) is 0 Å². The molecule has 0 bridgehead atoms. The molecule has 2 aromatic carbocycles. The molecule has 7 nitrogen and oxygen atoms in total. The molecule has 0 atom stereocenters. The summed E-state index contributed by atoms with van der Waals surface area (Å²) < 4.78 is 11.2. The molecule has 1 heterocycles. The van der Waals surface area contributed by atoms with Crippen molar-refractivity contribution >= 4 is 12.1 Å². The number of esters is 1. The Morgan fingerprint density at radius 1 is 0.885 bits per heavy atom. The van der Waals surface area contributed by atoms with Gasteiger partial charge in [0.05, 0.1) is 0 Å². The normalized spacial score (nSPS) is 10.3. The Labute approximate surface area is 150 Å². The Bertz CT molecular complexity index is 819. The van der Waals surface area contributed by atoms with Crippen LogP contribution in [0.5, 0.6) is 0 Å². The van der Waals surface area contributed by atoms with E-state index >= 15 is 0 Å². The van der Waals surface area contributed by atoms with E-state index in [1.54, 1.807) is 6.92 Å². The zero-order valence-corrected chi connectivity index (χ0v) is 14.2. The molecule has 0 aliphatic carbocycles. The summed E-state index contributed by atoms with van der Waals surface area (Å²) >= 11 is 0. The highest BCUT2D eigenvalue weighted by Crippen LogP contribution is 2.08. The van der Waals surface area contributed by atoms with Crippen LogP contribution in [-0.2, 0) is 22.7 Å². The number of aryl methyl sites for hydroxylation is 1. The number of benzene rings is 2. The van der Waals surface area contributed by atoms with Crippen LogP contribution in [0.15, 0.2) is 60.7 Å². The molecule has 7 heteroatoms. The number of hydrogen-bond donors (Lipinski definition) is 0. The van der Waals surface area contributed by atoms with Gasteiger partial charge in [-0.25, -0.2) is 14.6 Å². The van der Waals surface area contributed by atoms with Crippen LogP contribution in [0.3, 0.4) is 0 Å². The first-order valence-electron chi connectivity index (χ1n) is 7.99. The molecule has 0 amide bonds. The monoisotopic (exact) mass is 351 g/mol. The minimum absolute atomic E-state index is 0.0666. The summed E-state index contributed by atoms with van der Waals surface area (Å²) in [7, 11) is 0. The number of nitrogens with zero attached hydrogens (tertiary/aromatic N) is 3. The van der Waals surface area contributed by atoms with Gasteiger partial charge in [0.25, 0.3) is 0 Å². The van der Waals surface area contributed by atoms with E-state index in [-0.39, 0.29) is 24.9 Å². The summed E-state index contributed by atoms with van der Waals surface area (Å²) in [6.45, 7) is 1.72. The number of rotatable bonds is 5. The molecular weight excluding hydrogens is 334 g/mol. The fourth-order valence-corrected chi connectivity index (χ4v) is 2.24. The molecule has 3 rings (SSSR count). The molecule has 0 saturated heterocycles. The van der Waals surface area contributed by atoms with Crippen LogP contribution < -0.4 is 0 Å². The summed E-state index contributed by atoms with van der Waals surface area (Å²) in [5.41, 5.74) is 1.65. The highest BCUT2D eigenvalue weighted by Gasteiger charge is 2.23. The Balaban J connectivity index is 1.66. The first kappa shape index (κ1) is 17.3. The van der Waals surface area contributed by atoms with Crippen molar-refractivity contribution in [1.29, 1.82) is 0 Å². The van der Waals surface area contributed by atoms with Crippen LogP contribution in [0, 0.1) is 6.92 Å². The van der Waals surface area contributed by atoms with Gasteiger partial charge < -0.3 is 9.47 Å². The third-order valence-electron chi connectivity index (χ3n) is 3.49.